The summed E-state index contributed by atoms with van der Waals surface area (Å²) in [5.74, 6) is -0.841. The van der Waals surface area contributed by atoms with E-state index in [9.17, 15) is 22.4 Å². The summed E-state index contributed by atoms with van der Waals surface area (Å²) in [4.78, 5) is 28.1. The van der Waals surface area contributed by atoms with E-state index < -0.39 is 34.3 Å². The number of ether oxygens (including phenoxy) is 1. The topological polar surface area (TPSA) is 96.0 Å². The molecule has 2 amide bonds. The molecule has 0 heterocycles. The Bertz CT molecular complexity index is 1380. The Morgan fingerprint density at radius 3 is 2.17 bits per heavy atom. The van der Waals surface area contributed by atoms with E-state index in [4.69, 9.17) is 4.74 Å². The maximum atomic E-state index is 13.9. The highest BCUT2D eigenvalue weighted by molar-refractivity contribution is 7.92. The molecule has 0 spiro atoms. The summed E-state index contributed by atoms with van der Waals surface area (Å²) in [6.45, 7) is 5.47. The number of benzene rings is 3. The molecule has 0 fully saturated rings. The summed E-state index contributed by atoms with van der Waals surface area (Å²) in [7, 11) is -2.71. The fourth-order valence-electron chi connectivity index (χ4n) is 4.02. The summed E-state index contributed by atoms with van der Waals surface area (Å²) in [6, 6.07) is 17.3. The highest BCUT2D eigenvalue weighted by Crippen LogP contribution is 2.25. The van der Waals surface area contributed by atoms with Crippen LogP contribution in [0.5, 0.6) is 5.75 Å². The highest BCUT2D eigenvalue weighted by atomic mass is 32.2. The van der Waals surface area contributed by atoms with Gasteiger partial charge in [-0.3, -0.25) is 13.9 Å². The van der Waals surface area contributed by atoms with Gasteiger partial charge in [0.25, 0.3) is 10.0 Å². The summed E-state index contributed by atoms with van der Waals surface area (Å²) >= 11 is 0. The molecule has 3 rings (SSSR count). The van der Waals surface area contributed by atoms with Crippen LogP contribution in [0.3, 0.4) is 0 Å². The van der Waals surface area contributed by atoms with Gasteiger partial charge in [0.05, 0.1) is 17.7 Å². The molecular formula is C30H36FN3O5S. The van der Waals surface area contributed by atoms with Crippen molar-refractivity contribution >= 4 is 27.5 Å². The Labute approximate surface area is 235 Å². The van der Waals surface area contributed by atoms with Crippen LogP contribution in [0.25, 0.3) is 0 Å². The fraction of sp³-hybridized carbons (Fsp3) is 0.333. The van der Waals surface area contributed by atoms with Crippen molar-refractivity contribution in [2.24, 2.45) is 0 Å². The molecule has 0 saturated heterocycles. The fourth-order valence-corrected chi connectivity index (χ4v) is 5.43. The molecule has 0 radical (unpaired) electrons. The molecule has 0 aliphatic carbocycles. The lowest BCUT2D eigenvalue weighted by Crippen LogP contribution is -2.51. The van der Waals surface area contributed by atoms with Crippen LogP contribution < -0.4 is 14.4 Å². The number of unbranched alkanes of at least 4 members (excludes halogenated alkanes) is 1. The van der Waals surface area contributed by atoms with Gasteiger partial charge in [0.15, 0.2) is 0 Å². The highest BCUT2D eigenvalue weighted by Gasteiger charge is 2.32. The molecule has 214 valence electrons. The van der Waals surface area contributed by atoms with Crippen molar-refractivity contribution in [1.82, 2.24) is 10.2 Å². The van der Waals surface area contributed by atoms with Gasteiger partial charge >= 0.3 is 0 Å². The molecule has 0 aliphatic heterocycles. The van der Waals surface area contributed by atoms with Crippen molar-refractivity contribution in [3.63, 3.8) is 0 Å². The van der Waals surface area contributed by atoms with Crippen molar-refractivity contribution in [2.75, 3.05) is 24.5 Å². The predicted molar refractivity (Wildman–Crippen MR) is 153 cm³/mol. The number of sulfonamides is 1. The maximum Gasteiger partial charge on any atom is 0.264 e. The quantitative estimate of drug-likeness (QED) is 0.302. The van der Waals surface area contributed by atoms with Gasteiger partial charge in [-0.1, -0.05) is 43.2 Å². The zero-order valence-corrected chi connectivity index (χ0v) is 24.1. The smallest absolute Gasteiger partial charge is 0.264 e. The molecule has 1 atom stereocenters. The molecule has 8 nitrogen and oxygen atoms in total. The van der Waals surface area contributed by atoms with E-state index in [1.54, 1.807) is 62.6 Å². The van der Waals surface area contributed by atoms with E-state index in [0.29, 0.717) is 12.3 Å². The number of halogens is 1. The number of hydrogen-bond donors (Lipinski definition) is 1. The number of anilines is 1. The Balaban J connectivity index is 1.98. The third-order valence-corrected chi connectivity index (χ3v) is 8.30. The number of hydrogen-bond acceptors (Lipinski definition) is 5. The Morgan fingerprint density at radius 2 is 1.60 bits per heavy atom. The van der Waals surface area contributed by atoms with Gasteiger partial charge in [-0.15, -0.1) is 0 Å². The average Bonchev–Trinajstić information content (AvgIpc) is 2.95. The summed E-state index contributed by atoms with van der Waals surface area (Å²) < 4.78 is 47.3. The normalized spacial score (nSPS) is 11.9. The van der Waals surface area contributed by atoms with Gasteiger partial charge in [-0.2, -0.15) is 0 Å². The lowest BCUT2D eigenvalue weighted by Gasteiger charge is -2.32. The monoisotopic (exact) mass is 569 g/mol. The minimum atomic E-state index is -4.26. The minimum Gasteiger partial charge on any atom is -0.497 e. The lowest BCUT2D eigenvalue weighted by atomic mass is 10.1. The first-order chi connectivity index (χ1) is 19.1. The van der Waals surface area contributed by atoms with Crippen LogP contribution in [-0.4, -0.2) is 51.4 Å². The van der Waals surface area contributed by atoms with Crippen LogP contribution >= 0.6 is 0 Å². The molecule has 10 heteroatoms. The van der Waals surface area contributed by atoms with Crippen molar-refractivity contribution in [2.45, 2.75) is 51.1 Å². The van der Waals surface area contributed by atoms with Gasteiger partial charge in [0.2, 0.25) is 11.8 Å². The molecule has 0 aromatic heterocycles. The molecule has 3 aromatic rings. The van der Waals surface area contributed by atoms with Crippen LogP contribution in [0.1, 0.15) is 37.8 Å². The zero-order valence-electron chi connectivity index (χ0n) is 23.3. The zero-order chi connectivity index (χ0) is 29.3. The summed E-state index contributed by atoms with van der Waals surface area (Å²) in [5, 5.41) is 2.86. The van der Waals surface area contributed by atoms with E-state index in [-0.39, 0.29) is 23.0 Å². The number of methoxy groups -OCH3 is 1. The van der Waals surface area contributed by atoms with Gasteiger partial charge in [0, 0.05) is 13.1 Å². The van der Waals surface area contributed by atoms with E-state index in [2.05, 4.69) is 5.32 Å². The Kier molecular flexibility index (Phi) is 10.7. The minimum absolute atomic E-state index is 0.0729. The number of nitrogens with zero attached hydrogens (tertiary/aromatic N) is 2. The van der Waals surface area contributed by atoms with Crippen LogP contribution in [0.4, 0.5) is 10.1 Å². The van der Waals surface area contributed by atoms with Crippen molar-refractivity contribution in [1.29, 1.82) is 0 Å². The third-order valence-electron chi connectivity index (χ3n) is 6.51. The van der Waals surface area contributed by atoms with Crippen molar-refractivity contribution in [3.05, 3.63) is 89.7 Å². The first-order valence-electron chi connectivity index (χ1n) is 13.1. The predicted octanol–water partition coefficient (Wildman–Crippen LogP) is 4.67. The van der Waals surface area contributed by atoms with E-state index >= 15 is 0 Å². The number of carbonyl (C=O) groups is 2. The summed E-state index contributed by atoms with van der Waals surface area (Å²) in [6.07, 6.45) is 1.69. The molecule has 0 saturated carbocycles. The van der Waals surface area contributed by atoms with Gasteiger partial charge in [-0.25, -0.2) is 12.8 Å². The third kappa shape index (κ3) is 7.81. The molecule has 3 aromatic carbocycles. The van der Waals surface area contributed by atoms with Crippen LogP contribution in [0.2, 0.25) is 0 Å². The number of nitrogens with one attached hydrogen (secondary N) is 1. The second-order valence-corrected chi connectivity index (χ2v) is 11.4. The summed E-state index contributed by atoms with van der Waals surface area (Å²) in [5.41, 5.74) is 1.92. The van der Waals surface area contributed by atoms with E-state index in [0.717, 1.165) is 52.5 Å². The number of carbonyl (C=O) groups excluding carboxylic acids is 2. The number of amides is 2. The number of rotatable bonds is 13. The average molecular weight is 570 g/mol. The molecule has 0 aliphatic rings. The van der Waals surface area contributed by atoms with Crippen molar-refractivity contribution < 1.29 is 27.1 Å². The second-order valence-electron chi connectivity index (χ2n) is 9.49. The van der Waals surface area contributed by atoms with Gasteiger partial charge in [0.1, 0.15) is 24.2 Å². The SMILES string of the molecule is CCCCNC(=O)[C@@H](C)N(Cc1ccc(OC)cc1)C(=O)CN(c1ccc(C)cc1)S(=O)(=O)c1ccc(F)cc1. The molecular weight excluding hydrogens is 533 g/mol. The largest absolute Gasteiger partial charge is 0.497 e. The Hall–Kier alpha value is -3.92. The molecule has 0 unspecified atom stereocenters. The Morgan fingerprint density at radius 1 is 0.975 bits per heavy atom. The molecule has 40 heavy (non-hydrogen) atoms. The van der Waals surface area contributed by atoms with Gasteiger partial charge < -0.3 is 15.0 Å². The van der Waals surface area contributed by atoms with E-state index in [1.807, 2.05) is 13.8 Å². The van der Waals surface area contributed by atoms with Crippen molar-refractivity contribution in [3.8, 4) is 5.75 Å². The first-order valence-corrected chi connectivity index (χ1v) is 14.6. The maximum absolute atomic E-state index is 13.9. The van der Waals surface area contributed by atoms with Crippen LogP contribution in [0, 0.1) is 12.7 Å². The van der Waals surface area contributed by atoms with Gasteiger partial charge in [-0.05, 0) is 74.4 Å². The standard InChI is InChI=1S/C30H36FN3O5S/c1-5-6-19-32-30(36)23(3)33(20-24-9-15-27(39-4)16-10-24)29(35)21-34(26-13-7-22(2)8-14-26)40(37,38)28-17-11-25(31)12-18-28/h7-18,23H,5-6,19-21H2,1-4H3,(H,32,36)/t23-/m1/s1. The number of aryl methyl sites for hydroxylation is 1. The first kappa shape index (κ1) is 30.6. The molecule has 0 bridgehead atoms. The second kappa shape index (κ2) is 13.9. The molecule has 1 N–H and O–H groups in total. The van der Waals surface area contributed by atoms with E-state index in [1.165, 1.54) is 4.90 Å². The lowest BCUT2D eigenvalue weighted by molar-refractivity contribution is -0.139. The van der Waals surface area contributed by atoms with Crippen LogP contribution in [-0.2, 0) is 26.2 Å². The van der Waals surface area contributed by atoms with Crippen LogP contribution in [0.15, 0.2) is 77.7 Å².